The van der Waals surface area contributed by atoms with Crippen LogP contribution in [-0.4, -0.2) is 19.5 Å². The fraction of sp³-hybridized carbons (Fsp3) is 0.0588. The van der Waals surface area contributed by atoms with E-state index in [1.807, 2.05) is 40.2 Å². The lowest BCUT2D eigenvalue weighted by atomic mass is 10.1. The third kappa shape index (κ3) is 2.65. The van der Waals surface area contributed by atoms with Gasteiger partial charge in [-0.05, 0) is 5.56 Å². The van der Waals surface area contributed by atoms with Crippen molar-refractivity contribution in [3.8, 4) is 11.4 Å². The Bertz CT molecular complexity index is 1010. The van der Waals surface area contributed by atoms with Gasteiger partial charge in [0.15, 0.2) is 5.82 Å². The van der Waals surface area contributed by atoms with Gasteiger partial charge in [-0.1, -0.05) is 42.5 Å². The van der Waals surface area contributed by atoms with Crippen LogP contribution in [0.5, 0.6) is 0 Å². The van der Waals surface area contributed by atoms with Gasteiger partial charge in [-0.3, -0.25) is 10.1 Å². The molecule has 0 saturated carbocycles. The third-order valence-corrected chi connectivity index (χ3v) is 4.58. The zero-order chi connectivity index (χ0) is 16.5. The molecule has 24 heavy (non-hydrogen) atoms. The first kappa shape index (κ1) is 14.5. The number of rotatable bonds is 4. The lowest BCUT2D eigenvalue weighted by Crippen LogP contribution is -1.96. The Kier molecular flexibility index (Phi) is 3.55. The summed E-state index contributed by atoms with van der Waals surface area (Å²) in [6.07, 6.45) is 0.648. The van der Waals surface area contributed by atoms with E-state index in [1.54, 1.807) is 12.1 Å². The molecule has 0 radical (unpaired) electrons. The normalized spacial score (nSPS) is 11.0. The van der Waals surface area contributed by atoms with Crippen LogP contribution in [0, 0.1) is 10.1 Å². The molecule has 6 nitrogen and oxygen atoms in total. The van der Waals surface area contributed by atoms with Crippen molar-refractivity contribution in [1.29, 1.82) is 0 Å². The minimum atomic E-state index is -0.393. The van der Waals surface area contributed by atoms with Crippen molar-refractivity contribution < 1.29 is 4.92 Å². The predicted molar refractivity (Wildman–Crippen MR) is 92.2 cm³/mol. The molecule has 118 valence electrons. The molecule has 0 spiro atoms. The first-order valence-corrected chi connectivity index (χ1v) is 8.20. The summed E-state index contributed by atoms with van der Waals surface area (Å²) >= 11 is 1.54. The van der Waals surface area contributed by atoms with Crippen LogP contribution in [-0.2, 0) is 6.42 Å². The van der Waals surface area contributed by atoms with E-state index in [9.17, 15) is 10.1 Å². The molecule has 4 rings (SSSR count). The van der Waals surface area contributed by atoms with Gasteiger partial charge in [0.1, 0.15) is 0 Å². The van der Waals surface area contributed by atoms with E-state index < -0.39 is 4.92 Å². The van der Waals surface area contributed by atoms with E-state index >= 15 is 0 Å². The highest BCUT2D eigenvalue weighted by molar-refractivity contribution is 7.15. The fourth-order valence-electron chi connectivity index (χ4n) is 2.50. The summed E-state index contributed by atoms with van der Waals surface area (Å²) in [4.78, 5) is 15.7. The minimum Gasteiger partial charge on any atom is -0.258 e. The molecule has 2 aromatic heterocycles. The van der Waals surface area contributed by atoms with Crippen molar-refractivity contribution >= 4 is 22.0 Å². The van der Waals surface area contributed by atoms with Crippen molar-refractivity contribution in [1.82, 2.24) is 14.6 Å². The van der Waals surface area contributed by atoms with Gasteiger partial charge >= 0.3 is 0 Å². The number of nitro groups is 1. The largest absolute Gasteiger partial charge is 0.269 e. The molecule has 0 aliphatic carbocycles. The Balaban J connectivity index is 1.65. The van der Waals surface area contributed by atoms with Crippen molar-refractivity contribution in [3.63, 3.8) is 0 Å². The Morgan fingerprint density at radius 3 is 2.54 bits per heavy atom. The Morgan fingerprint density at radius 1 is 1.08 bits per heavy atom. The van der Waals surface area contributed by atoms with Crippen LogP contribution < -0.4 is 0 Å². The molecule has 7 heteroatoms. The Labute approximate surface area is 141 Å². The molecule has 2 heterocycles. The number of nitro benzene ring substituents is 1. The Morgan fingerprint density at radius 2 is 1.83 bits per heavy atom. The van der Waals surface area contributed by atoms with Gasteiger partial charge < -0.3 is 0 Å². The van der Waals surface area contributed by atoms with Crippen LogP contribution >= 0.6 is 11.3 Å². The van der Waals surface area contributed by atoms with Crippen LogP contribution in [0.25, 0.3) is 16.3 Å². The van der Waals surface area contributed by atoms with Crippen LogP contribution in [0.3, 0.4) is 0 Å². The average Bonchev–Trinajstić information content (AvgIpc) is 3.18. The van der Waals surface area contributed by atoms with Crippen molar-refractivity contribution in [2.75, 3.05) is 0 Å². The second-order valence-corrected chi connectivity index (χ2v) is 6.16. The highest BCUT2D eigenvalue weighted by atomic mass is 32.1. The molecule has 0 saturated heterocycles. The second-order valence-electron chi connectivity index (χ2n) is 5.32. The number of fused-ring (bicyclic) bond motifs is 1. The molecule has 0 amide bonds. The van der Waals surface area contributed by atoms with Gasteiger partial charge in [0.05, 0.1) is 10.6 Å². The summed E-state index contributed by atoms with van der Waals surface area (Å²) in [5, 5.41) is 17.3. The van der Waals surface area contributed by atoms with Gasteiger partial charge in [-0.2, -0.15) is 4.98 Å². The lowest BCUT2D eigenvalue weighted by Gasteiger charge is -2.00. The summed E-state index contributed by atoms with van der Waals surface area (Å²) < 4.78 is 1.84. The van der Waals surface area contributed by atoms with E-state index in [4.69, 9.17) is 0 Å². The molecule has 0 fully saturated rings. The molecule has 0 aliphatic rings. The van der Waals surface area contributed by atoms with Crippen molar-refractivity contribution in [2.45, 2.75) is 6.42 Å². The fourth-order valence-corrected chi connectivity index (χ4v) is 3.32. The average molecular weight is 336 g/mol. The topological polar surface area (TPSA) is 73.3 Å². The van der Waals surface area contributed by atoms with Gasteiger partial charge in [0.25, 0.3) is 5.69 Å². The molecule has 0 bridgehead atoms. The number of hydrogen-bond donors (Lipinski definition) is 0. The summed E-state index contributed by atoms with van der Waals surface area (Å²) in [6.45, 7) is 0. The smallest absolute Gasteiger partial charge is 0.258 e. The monoisotopic (exact) mass is 336 g/mol. The zero-order valence-corrected chi connectivity index (χ0v) is 13.3. The van der Waals surface area contributed by atoms with E-state index in [2.05, 4.69) is 10.1 Å². The summed E-state index contributed by atoms with van der Waals surface area (Å²) in [6, 6.07) is 16.4. The van der Waals surface area contributed by atoms with E-state index in [1.165, 1.54) is 23.5 Å². The van der Waals surface area contributed by atoms with Gasteiger partial charge in [-0.25, -0.2) is 4.52 Å². The van der Waals surface area contributed by atoms with Crippen LogP contribution in [0.1, 0.15) is 11.3 Å². The number of benzene rings is 2. The van der Waals surface area contributed by atoms with Gasteiger partial charge in [-0.15, -0.1) is 16.4 Å². The molecule has 2 aromatic carbocycles. The number of thiazole rings is 1. The summed E-state index contributed by atoms with van der Waals surface area (Å²) in [7, 11) is 0. The van der Waals surface area contributed by atoms with E-state index in [0.717, 1.165) is 21.8 Å². The summed E-state index contributed by atoms with van der Waals surface area (Å²) in [5.74, 6) is 0.701. The SMILES string of the molecule is O=[N+]([O-])c1ccc(Cc2csc3nc(-c4ccccc4)nn23)cc1. The standard InChI is InChI=1S/C17H12N4O2S/c22-21(23)14-8-6-12(7-9-14)10-15-11-24-17-18-16(19-20(15)17)13-4-2-1-3-5-13/h1-9,11H,10H2. The maximum absolute atomic E-state index is 10.7. The second kappa shape index (κ2) is 5.86. The maximum atomic E-state index is 10.7. The highest BCUT2D eigenvalue weighted by Gasteiger charge is 2.12. The minimum absolute atomic E-state index is 0.0985. The summed E-state index contributed by atoms with van der Waals surface area (Å²) in [5.41, 5.74) is 3.09. The maximum Gasteiger partial charge on any atom is 0.269 e. The molecule has 0 N–H and O–H groups in total. The van der Waals surface area contributed by atoms with Crippen LogP contribution in [0.15, 0.2) is 60.0 Å². The first-order chi connectivity index (χ1) is 11.7. The zero-order valence-electron chi connectivity index (χ0n) is 12.5. The van der Waals surface area contributed by atoms with Crippen molar-refractivity contribution in [3.05, 3.63) is 81.3 Å². The quantitative estimate of drug-likeness (QED) is 0.418. The number of hydrogen-bond acceptors (Lipinski definition) is 5. The van der Waals surface area contributed by atoms with Gasteiger partial charge in [0.2, 0.25) is 4.96 Å². The molecule has 0 unspecified atom stereocenters. The van der Waals surface area contributed by atoms with Gasteiger partial charge in [0, 0.05) is 29.5 Å². The number of aromatic nitrogens is 3. The Hall–Kier alpha value is -3.06. The number of nitrogens with zero attached hydrogens (tertiary/aromatic N) is 4. The lowest BCUT2D eigenvalue weighted by molar-refractivity contribution is -0.384. The molecular formula is C17H12N4O2S. The number of non-ortho nitro benzene ring substituents is 1. The molecule has 4 aromatic rings. The predicted octanol–water partition coefficient (Wildman–Crippen LogP) is 3.96. The third-order valence-electron chi connectivity index (χ3n) is 3.71. The first-order valence-electron chi connectivity index (χ1n) is 7.32. The van der Waals surface area contributed by atoms with Crippen molar-refractivity contribution in [2.24, 2.45) is 0 Å². The van der Waals surface area contributed by atoms with E-state index in [0.29, 0.717) is 12.2 Å². The highest BCUT2D eigenvalue weighted by Crippen LogP contribution is 2.22. The van der Waals surface area contributed by atoms with Crippen LogP contribution in [0.4, 0.5) is 5.69 Å². The molecule has 0 atom stereocenters. The van der Waals surface area contributed by atoms with Crippen LogP contribution in [0.2, 0.25) is 0 Å². The molecule has 0 aliphatic heterocycles. The molecular weight excluding hydrogens is 324 g/mol. The van der Waals surface area contributed by atoms with E-state index in [-0.39, 0.29) is 5.69 Å².